The summed E-state index contributed by atoms with van der Waals surface area (Å²) in [5.74, 6) is -0.311. The number of fused-ring (bicyclic) bond motifs is 1. The van der Waals surface area contributed by atoms with E-state index in [1.54, 1.807) is 30.3 Å². The lowest BCUT2D eigenvalue weighted by molar-refractivity contribution is -0.141. The Morgan fingerprint density at radius 1 is 1.21 bits per heavy atom. The van der Waals surface area contributed by atoms with Crippen LogP contribution in [0.25, 0.3) is 22.3 Å². The molecule has 0 spiro atoms. The first kappa shape index (κ1) is 19.0. The van der Waals surface area contributed by atoms with Crippen molar-refractivity contribution in [1.29, 1.82) is 0 Å². The van der Waals surface area contributed by atoms with Crippen molar-refractivity contribution in [3.8, 4) is 17.1 Å². The molecule has 1 N–H and O–H groups in total. The number of carboxylic acids is 1. The number of aliphatic carboxylic acids is 1. The van der Waals surface area contributed by atoms with E-state index in [9.17, 15) is 14.7 Å². The Morgan fingerprint density at radius 2 is 2.04 bits per heavy atom. The Morgan fingerprint density at radius 3 is 2.79 bits per heavy atom. The molecule has 0 saturated heterocycles. The van der Waals surface area contributed by atoms with Crippen molar-refractivity contribution in [3.63, 3.8) is 0 Å². The predicted molar refractivity (Wildman–Crippen MR) is 110 cm³/mol. The highest BCUT2D eigenvalue weighted by molar-refractivity contribution is 9.10. The highest BCUT2D eigenvalue weighted by atomic mass is 79.9. The molecule has 1 heterocycles. The number of benzene rings is 2. The summed E-state index contributed by atoms with van der Waals surface area (Å²) < 4.78 is 12.9. The lowest BCUT2D eigenvalue weighted by Gasteiger charge is -2.17. The van der Waals surface area contributed by atoms with Crippen molar-refractivity contribution in [1.82, 2.24) is 0 Å². The van der Waals surface area contributed by atoms with E-state index in [2.05, 4.69) is 15.9 Å². The van der Waals surface area contributed by atoms with Gasteiger partial charge >= 0.3 is 5.97 Å². The normalized spacial score (nSPS) is 19.1. The first-order valence-electron chi connectivity index (χ1n) is 8.84. The summed E-state index contributed by atoms with van der Waals surface area (Å²) >= 11 is 9.64. The van der Waals surface area contributed by atoms with E-state index in [1.807, 2.05) is 6.07 Å². The van der Waals surface area contributed by atoms with Crippen LogP contribution in [0.4, 0.5) is 0 Å². The van der Waals surface area contributed by atoms with Crippen molar-refractivity contribution in [2.75, 3.05) is 0 Å². The number of rotatable bonds is 4. The summed E-state index contributed by atoms with van der Waals surface area (Å²) in [6.07, 6.45) is 1.50. The zero-order valence-electron chi connectivity index (χ0n) is 14.7. The van der Waals surface area contributed by atoms with Gasteiger partial charge in [-0.15, -0.1) is 0 Å². The average molecular weight is 464 g/mol. The van der Waals surface area contributed by atoms with Crippen molar-refractivity contribution in [3.05, 3.63) is 62.2 Å². The van der Waals surface area contributed by atoms with Crippen molar-refractivity contribution in [2.24, 2.45) is 5.92 Å². The molecule has 1 fully saturated rings. The van der Waals surface area contributed by atoms with E-state index >= 15 is 0 Å². The predicted octanol–water partition coefficient (Wildman–Crippen LogP) is 5.51. The number of hydrogen-bond acceptors (Lipinski definition) is 4. The van der Waals surface area contributed by atoms with E-state index in [4.69, 9.17) is 20.8 Å². The number of hydrogen-bond donors (Lipinski definition) is 1. The molecule has 1 aromatic heterocycles. The van der Waals surface area contributed by atoms with Gasteiger partial charge in [-0.1, -0.05) is 33.6 Å². The maximum absolute atomic E-state index is 12.5. The highest BCUT2D eigenvalue weighted by Gasteiger charge is 2.31. The summed E-state index contributed by atoms with van der Waals surface area (Å²) in [7, 11) is 0. The molecule has 144 valence electrons. The fraction of sp³-hybridized carbons (Fsp3) is 0.238. The number of carbonyl (C=O) groups is 1. The van der Waals surface area contributed by atoms with E-state index in [0.717, 1.165) is 4.47 Å². The minimum Gasteiger partial charge on any atom is -0.490 e. The van der Waals surface area contributed by atoms with Gasteiger partial charge < -0.3 is 14.3 Å². The molecular weight excluding hydrogens is 448 g/mol. The summed E-state index contributed by atoms with van der Waals surface area (Å²) in [4.78, 5) is 23.7. The van der Waals surface area contributed by atoms with Crippen LogP contribution >= 0.6 is 27.5 Å². The van der Waals surface area contributed by atoms with Gasteiger partial charge in [0.15, 0.2) is 11.0 Å². The van der Waals surface area contributed by atoms with Crippen LogP contribution in [0, 0.1) is 5.92 Å². The van der Waals surface area contributed by atoms with Crippen LogP contribution in [-0.4, -0.2) is 17.2 Å². The van der Waals surface area contributed by atoms with Crippen molar-refractivity contribution < 1.29 is 19.1 Å². The lowest BCUT2D eigenvalue weighted by Crippen LogP contribution is -2.16. The van der Waals surface area contributed by atoms with E-state index in [0.29, 0.717) is 52.3 Å². The molecule has 2 aromatic carbocycles. The molecule has 3 aromatic rings. The Balaban J connectivity index is 1.75. The van der Waals surface area contributed by atoms with Crippen LogP contribution in [0.3, 0.4) is 0 Å². The molecule has 4 rings (SSSR count). The highest BCUT2D eigenvalue weighted by Crippen LogP contribution is 2.37. The lowest BCUT2D eigenvalue weighted by atomic mass is 10.1. The summed E-state index contributed by atoms with van der Waals surface area (Å²) in [5, 5.41) is 9.98. The van der Waals surface area contributed by atoms with Gasteiger partial charge in [-0.2, -0.15) is 0 Å². The molecule has 1 aliphatic carbocycles. The molecule has 0 radical (unpaired) electrons. The topological polar surface area (TPSA) is 76.7 Å². The molecule has 1 saturated carbocycles. The van der Waals surface area contributed by atoms with Crippen molar-refractivity contribution >= 4 is 44.5 Å². The zero-order valence-corrected chi connectivity index (χ0v) is 17.0. The first-order valence-corrected chi connectivity index (χ1v) is 10.0. The summed E-state index contributed by atoms with van der Waals surface area (Å²) in [6.45, 7) is 0. The van der Waals surface area contributed by atoms with Crippen LogP contribution in [0.1, 0.15) is 19.3 Å². The number of para-hydroxylation sites is 1. The molecule has 5 nitrogen and oxygen atoms in total. The molecule has 0 amide bonds. The largest absolute Gasteiger partial charge is 0.490 e. The molecule has 2 unspecified atom stereocenters. The number of ether oxygens (including phenoxy) is 1. The van der Waals surface area contributed by atoms with Crippen LogP contribution in [0.15, 0.2) is 56.1 Å². The van der Waals surface area contributed by atoms with E-state index in [-0.39, 0.29) is 11.5 Å². The maximum Gasteiger partial charge on any atom is 0.306 e. The third-order valence-electron chi connectivity index (χ3n) is 4.94. The second-order valence-electron chi connectivity index (χ2n) is 6.82. The van der Waals surface area contributed by atoms with Crippen LogP contribution in [0.2, 0.25) is 5.02 Å². The molecule has 28 heavy (non-hydrogen) atoms. The van der Waals surface area contributed by atoms with E-state index < -0.39 is 11.9 Å². The molecule has 0 bridgehead atoms. The third kappa shape index (κ3) is 3.66. The molecule has 0 aliphatic heterocycles. The van der Waals surface area contributed by atoms with Gasteiger partial charge in [-0.3, -0.25) is 9.59 Å². The van der Waals surface area contributed by atoms with Gasteiger partial charge in [-0.25, -0.2) is 0 Å². The monoisotopic (exact) mass is 462 g/mol. The SMILES string of the molecule is O=C(O)C1CCC(Oc2cc(Br)ccc2-c2cc(=O)c3cccc(Cl)c3o2)C1. The minimum absolute atomic E-state index is 0.195. The van der Waals surface area contributed by atoms with Gasteiger partial charge in [0, 0.05) is 10.5 Å². The maximum atomic E-state index is 12.5. The van der Waals surface area contributed by atoms with Crippen LogP contribution < -0.4 is 10.2 Å². The van der Waals surface area contributed by atoms with Gasteiger partial charge in [0.25, 0.3) is 0 Å². The van der Waals surface area contributed by atoms with Crippen LogP contribution in [-0.2, 0) is 4.79 Å². The quantitative estimate of drug-likeness (QED) is 0.552. The number of halogens is 2. The minimum atomic E-state index is -0.796. The molecule has 1 aliphatic rings. The van der Waals surface area contributed by atoms with E-state index in [1.165, 1.54) is 6.07 Å². The smallest absolute Gasteiger partial charge is 0.306 e. The second-order valence-corrected chi connectivity index (χ2v) is 8.14. The Kier molecular flexibility index (Phi) is 5.17. The Hall–Kier alpha value is -2.31. The van der Waals surface area contributed by atoms with Crippen LogP contribution in [0.5, 0.6) is 5.75 Å². The fourth-order valence-electron chi connectivity index (χ4n) is 3.52. The van der Waals surface area contributed by atoms with Gasteiger partial charge in [-0.05, 0) is 49.6 Å². The third-order valence-corrected chi connectivity index (χ3v) is 5.73. The number of carboxylic acid groups (broad SMARTS) is 1. The molecular formula is C21H16BrClO5. The first-order chi connectivity index (χ1) is 13.4. The van der Waals surface area contributed by atoms with Gasteiger partial charge in [0.1, 0.15) is 11.5 Å². The summed E-state index contributed by atoms with van der Waals surface area (Å²) in [6, 6.07) is 11.9. The van der Waals surface area contributed by atoms with Gasteiger partial charge in [0.2, 0.25) is 0 Å². The standard InChI is InChI=1S/C21H16BrClO5/c22-12-5-7-15(18(9-12)27-13-6-4-11(8-13)21(25)26)19-10-17(24)14-2-1-3-16(23)20(14)28-19/h1-3,5,7,9-11,13H,4,6,8H2,(H,25,26). The fourth-order valence-corrected chi connectivity index (χ4v) is 4.08. The average Bonchev–Trinajstić information content (AvgIpc) is 3.11. The Labute approximate surface area is 174 Å². The molecule has 2 atom stereocenters. The summed E-state index contributed by atoms with van der Waals surface area (Å²) in [5.41, 5.74) is 0.743. The Bertz CT molecular complexity index is 1120. The van der Waals surface area contributed by atoms with Crippen molar-refractivity contribution in [2.45, 2.75) is 25.4 Å². The second kappa shape index (κ2) is 7.60. The van der Waals surface area contributed by atoms with Gasteiger partial charge in [0.05, 0.1) is 28.0 Å². The molecule has 7 heteroatoms. The zero-order chi connectivity index (χ0) is 19.8.